The van der Waals surface area contributed by atoms with Gasteiger partial charge in [0.15, 0.2) is 0 Å². The van der Waals surface area contributed by atoms with Crippen LogP contribution in [0.2, 0.25) is 0 Å². The SMILES string of the molecule is CC(=O)NCC(O)C(O)c1nc(CO)cs1. The van der Waals surface area contributed by atoms with E-state index < -0.39 is 12.2 Å². The van der Waals surface area contributed by atoms with Crippen molar-refractivity contribution >= 4 is 17.2 Å². The molecule has 1 heterocycles. The molecule has 0 saturated heterocycles. The normalized spacial score (nSPS) is 14.5. The first-order chi connectivity index (χ1) is 7.54. The van der Waals surface area contributed by atoms with Crippen molar-refractivity contribution in [1.82, 2.24) is 10.3 Å². The minimum Gasteiger partial charge on any atom is -0.390 e. The summed E-state index contributed by atoms with van der Waals surface area (Å²) in [7, 11) is 0. The van der Waals surface area contributed by atoms with E-state index in [1.165, 1.54) is 6.92 Å². The van der Waals surface area contributed by atoms with Gasteiger partial charge in [-0.3, -0.25) is 4.79 Å². The first-order valence-corrected chi connectivity index (χ1v) is 5.58. The summed E-state index contributed by atoms with van der Waals surface area (Å²) in [6.45, 7) is 1.09. The van der Waals surface area contributed by atoms with Crippen molar-refractivity contribution in [1.29, 1.82) is 0 Å². The van der Waals surface area contributed by atoms with Crippen LogP contribution in [0.1, 0.15) is 23.7 Å². The molecule has 1 aromatic rings. The van der Waals surface area contributed by atoms with E-state index in [9.17, 15) is 15.0 Å². The maximum atomic E-state index is 10.6. The molecule has 0 radical (unpaired) electrons. The molecule has 6 nitrogen and oxygen atoms in total. The second-order valence-corrected chi connectivity index (χ2v) is 4.17. The number of carbonyl (C=O) groups excluding carboxylic acids is 1. The van der Waals surface area contributed by atoms with Gasteiger partial charge in [0.2, 0.25) is 5.91 Å². The summed E-state index contributed by atoms with van der Waals surface area (Å²) in [5.74, 6) is -0.276. The Morgan fingerprint density at radius 2 is 2.31 bits per heavy atom. The molecule has 2 unspecified atom stereocenters. The molecule has 1 aromatic heterocycles. The molecule has 0 aliphatic carbocycles. The van der Waals surface area contributed by atoms with Gasteiger partial charge in [0.1, 0.15) is 17.2 Å². The van der Waals surface area contributed by atoms with Crippen molar-refractivity contribution in [3.8, 4) is 0 Å². The van der Waals surface area contributed by atoms with Gasteiger partial charge in [0, 0.05) is 18.8 Å². The summed E-state index contributed by atoms with van der Waals surface area (Å²) in [5.41, 5.74) is 0.450. The summed E-state index contributed by atoms with van der Waals surface area (Å²) >= 11 is 1.15. The first-order valence-electron chi connectivity index (χ1n) is 4.70. The molecule has 7 heteroatoms. The Kier molecular flexibility index (Phi) is 4.81. The summed E-state index contributed by atoms with van der Waals surface area (Å²) in [4.78, 5) is 14.5. The van der Waals surface area contributed by atoms with Crippen LogP contribution in [0.4, 0.5) is 0 Å². The predicted molar refractivity (Wildman–Crippen MR) is 57.7 cm³/mol. The highest BCUT2D eigenvalue weighted by Crippen LogP contribution is 2.21. The molecule has 90 valence electrons. The zero-order valence-electron chi connectivity index (χ0n) is 8.75. The molecular formula is C9H14N2O4S. The van der Waals surface area contributed by atoms with Crippen LogP contribution in [0.5, 0.6) is 0 Å². The number of thiazole rings is 1. The average molecular weight is 246 g/mol. The lowest BCUT2D eigenvalue weighted by molar-refractivity contribution is -0.119. The maximum absolute atomic E-state index is 10.6. The van der Waals surface area contributed by atoms with E-state index in [2.05, 4.69) is 10.3 Å². The molecule has 0 bridgehead atoms. The minimum absolute atomic E-state index is 0.0372. The standard InChI is InChI=1S/C9H14N2O4S/c1-5(13)10-2-7(14)8(15)9-11-6(3-12)4-16-9/h4,7-8,12,14-15H,2-3H2,1H3,(H,10,13). The van der Waals surface area contributed by atoms with Crippen molar-refractivity contribution in [3.05, 3.63) is 16.1 Å². The maximum Gasteiger partial charge on any atom is 0.216 e. The van der Waals surface area contributed by atoms with Crippen LogP contribution in [0.25, 0.3) is 0 Å². The third-order valence-corrected chi connectivity index (χ3v) is 2.87. The van der Waals surface area contributed by atoms with Gasteiger partial charge in [-0.15, -0.1) is 11.3 Å². The molecule has 4 N–H and O–H groups in total. The number of nitrogens with zero attached hydrogens (tertiary/aromatic N) is 1. The Hall–Kier alpha value is -1.02. The first kappa shape index (κ1) is 13.0. The van der Waals surface area contributed by atoms with Crippen LogP contribution < -0.4 is 5.32 Å². The summed E-state index contributed by atoms with van der Waals surface area (Å²) in [5, 5.41) is 32.3. The van der Waals surface area contributed by atoms with Gasteiger partial charge >= 0.3 is 0 Å². The van der Waals surface area contributed by atoms with Crippen LogP contribution in [0, 0.1) is 0 Å². The molecular weight excluding hydrogens is 232 g/mol. The number of aliphatic hydroxyl groups is 3. The quantitative estimate of drug-likeness (QED) is 0.543. The van der Waals surface area contributed by atoms with Crippen LogP contribution in [0.3, 0.4) is 0 Å². The summed E-state index contributed by atoms with van der Waals surface area (Å²) < 4.78 is 0. The lowest BCUT2D eigenvalue weighted by atomic mass is 10.2. The van der Waals surface area contributed by atoms with E-state index in [0.29, 0.717) is 10.7 Å². The monoisotopic (exact) mass is 246 g/mol. The smallest absolute Gasteiger partial charge is 0.216 e. The predicted octanol–water partition coefficient (Wildman–Crippen LogP) is -0.834. The van der Waals surface area contributed by atoms with E-state index in [1.807, 2.05) is 0 Å². The molecule has 2 atom stereocenters. The van der Waals surface area contributed by atoms with Gasteiger partial charge in [-0.2, -0.15) is 0 Å². The molecule has 0 fully saturated rings. The highest BCUT2D eigenvalue weighted by molar-refractivity contribution is 7.09. The minimum atomic E-state index is -1.16. The Bertz CT molecular complexity index is 355. The third kappa shape index (κ3) is 3.53. The molecule has 0 aromatic carbocycles. The van der Waals surface area contributed by atoms with Crippen molar-refractivity contribution < 1.29 is 20.1 Å². The zero-order valence-corrected chi connectivity index (χ0v) is 9.57. The van der Waals surface area contributed by atoms with Crippen LogP contribution in [0.15, 0.2) is 5.38 Å². The van der Waals surface area contributed by atoms with Gasteiger partial charge in [0.05, 0.1) is 12.3 Å². The number of rotatable bonds is 5. The van der Waals surface area contributed by atoms with E-state index in [4.69, 9.17) is 5.11 Å². The lowest BCUT2D eigenvalue weighted by Crippen LogP contribution is -2.34. The van der Waals surface area contributed by atoms with E-state index in [1.54, 1.807) is 5.38 Å². The lowest BCUT2D eigenvalue weighted by Gasteiger charge is -2.15. The fourth-order valence-corrected chi connectivity index (χ4v) is 1.91. The van der Waals surface area contributed by atoms with Gasteiger partial charge in [0.25, 0.3) is 0 Å². The Morgan fingerprint density at radius 1 is 1.62 bits per heavy atom. The second-order valence-electron chi connectivity index (χ2n) is 3.28. The van der Waals surface area contributed by atoms with Crippen LogP contribution in [-0.4, -0.2) is 38.9 Å². The van der Waals surface area contributed by atoms with Gasteiger partial charge in [-0.25, -0.2) is 4.98 Å². The Labute approximate surface area is 96.6 Å². The van der Waals surface area contributed by atoms with Crippen LogP contribution >= 0.6 is 11.3 Å². The fourth-order valence-electron chi connectivity index (χ4n) is 1.06. The number of aromatic nitrogens is 1. The molecule has 0 saturated carbocycles. The molecule has 1 rings (SSSR count). The number of nitrogens with one attached hydrogen (secondary N) is 1. The number of carbonyl (C=O) groups is 1. The van der Waals surface area contributed by atoms with Crippen molar-refractivity contribution in [2.45, 2.75) is 25.7 Å². The fraction of sp³-hybridized carbons (Fsp3) is 0.556. The number of hydrogen-bond acceptors (Lipinski definition) is 6. The highest BCUT2D eigenvalue weighted by Gasteiger charge is 2.21. The van der Waals surface area contributed by atoms with Crippen molar-refractivity contribution in [2.24, 2.45) is 0 Å². The van der Waals surface area contributed by atoms with E-state index >= 15 is 0 Å². The zero-order chi connectivity index (χ0) is 12.1. The number of amides is 1. The van der Waals surface area contributed by atoms with E-state index in [0.717, 1.165) is 11.3 Å². The van der Waals surface area contributed by atoms with Gasteiger partial charge in [-0.1, -0.05) is 0 Å². The Morgan fingerprint density at radius 3 is 2.81 bits per heavy atom. The van der Waals surface area contributed by atoms with E-state index in [-0.39, 0.29) is 19.1 Å². The molecule has 1 amide bonds. The van der Waals surface area contributed by atoms with Gasteiger partial charge in [-0.05, 0) is 0 Å². The van der Waals surface area contributed by atoms with Crippen molar-refractivity contribution in [3.63, 3.8) is 0 Å². The number of aliphatic hydroxyl groups excluding tert-OH is 3. The van der Waals surface area contributed by atoms with Gasteiger partial charge < -0.3 is 20.6 Å². The molecule has 0 aliphatic heterocycles. The van der Waals surface area contributed by atoms with Crippen molar-refractivity contribution in [2.75, 3.05) is 6.54 Å². The summed E-state index contributed by atoms with van der Waals surface area (Å²) in [6.07, 6.45) is -2.27. The average Bonchev–Trinajstić information content (AvgIpc) is 2.73. The summed E-state index contributed by atoms with van der Waals surface area (Å²) in [6, 6.07) is 0. The second kappa shape index (κ2) is 5.90. The topological polar surface area (TPSA) is 103 Å². The molecule has 0 spiro atoms. The highest BCUT2D eigenvalue weighted by atomic mass is 32.1. The molecule has 0 aliphatic rings. The molecule has 16 heavy (non-hydrogen) atoms. The van der Waals surface area contributed by atoms with Crippen LogP contribution in [-0.2, 0) is 11.4 Å². The Balaban J connectivity index is 2.55. The number of hydrogen-bond donors (Lipinski definition) is 4. The largest absolute Gasteiger partial charge is 0.390 e. The third-order valence-electron chi connectivity index (χ3n) is 1.91.